The molecule has 8 nitrogen and oxygen atoms in total. The van der Waals surface area contributed by atoms with Crippen LogP contribution in [-0.2, 0) is 14.3 Å². The molecule has 16 heavy (non-hydrogen) atoms. The zero-order valence-electron chi connectivity index (χ0n) is 8.39. The maximum atomic E-state index is 10.6. The van der Waals surface area contributed by atoms with Crippen molar-refractivity contribution in [3.8, 4) is 0 Å². The van der Waals surface area contributed by atoms with Crippen molar-refractivity contribution in [2.75, 3.05) is 13.2 Å². The highest BCUT2D eigenvalue weighted by Crippen LogP contribution is 2.04. The van der Waals surface area contributed by atoms with Gasteiger partial charge in [0.25, 0.3) is 0 Å². The molecule has 0 fully saturated rings. The van der Waals surface area contributed by atoms with Crippen LogP contribution in [0, 0.1) is 0 Å². The first kappa shape index (κ1) is 14.9. The summed E-state index contributed by atoms with van der Waals surface area (Å²) in [5.41, 5.74) is 4.91. The highest BCUT2D eigenvalue weighted by atomic mass is 16.5. The van der Waals surface area contributed by atoms with Crippen LogP contribution >= 0.6 is 0 Å². The number of carbonyl (C=O) groups is 2. The fourth-order valence-corrected chi connectivity index (χ4v) is 0.846. The van der Waals surface area contributed by atoms with Crippen molar-refractivity contribution < 1.29 is 34.8 Å². The normalized spacial score (nSPS) is 18.3. The van der Waals surface area contributed by atoms with Gasteiger partial charge in [0.1, 0.15) is 31.0 Å². The molecule has 6 N–H and O–H groups in total. The van der Waals surface area contributed by atoms with Gasteiger partial charge in [-0.25, -0.2) is 0 Å². The predicted octanol–water partition coefficient (Wildman–Crippen LogP) is -3.87. The maximum absolute atomic E-state index is 10.6. The summed E-state index contributed by atoms with van der Waals surface area (Å²) in [6, 6.07) is 0. The molecule has 0 aliphatic rings. The Hall–Kier alpha value is -1.06. The van der Waals surface area contributed by atoms with Gasteiger partial charge in [0.05, 0.1) is 6.54 Å². The SMILES string of the molecule is NCC(=O)OC[C@@H](O)[C@@H](O)[C@H](O)[C@@H](O)C=O. The standard InChI is InChI=1S/C8H15NO7/c9-1-6(13)16-3-5(12)8(15)7(14)4(11)2-10/h2,4-5,7-8,11-12,14-15H,1,3,9H2/t4-,5+,7+,8+/m0/s1. The van der Waals surface area contributed by atoms with Gasteiger partial charge >= 0.3 is 5.97 Å². The highest BCUT2D eigenvalue weighted by molar-refractivity contribution is 5.71. The smallest absolute Gasteiger partial charge is 0.319 e. The zero-order valence-corrected chi connectivity index (χ0v) is 8.39. The molecule has 4 atom stereocenters. The van der Waals surface area contributed by atoms with Crippen molar-refractivity contribution in [2.45, 2.75) is 24.4 Å². The van der Waals surface area contributed by atoms with Gasteiger partial charge in [0, 0.05) is 0 Å². The molecule has 0 aromatic heterocycles. The largest absolute Gasteiger partial charge is 0.462 e. The van der Waals surface area contributed by atoms with Crippen LogP contribution in [0.5, 0.6) is 0 Å². The van der Waals surface area contributed by atoms with Gasteiger partial charge in [-0.2, -0.15) is 0 Å². The lowest BCUT2D eigenvalue weighted by atomic mass is 10.0. The number of ether oxygens (including phenoxy) is 1. The monoisotopic (exact) mass is 237 g/mol. The molecule has 0 spiro atoms. The van der Waals surface area contributed by atoms with Crippen molar-refractivity contribution in [3.63, 3.8) is 0 Å². The quantitative estimate of drug-likeness (QED) is 0.223. The second-order valence-electron chi connectivity index (χ2n) is 3.06. The minimum Gasteiger partial charge on any atom is -0.462 e. The van der Waals surface area contributed by atoms with Crippen LogP contribution in [0.4, 0.5) is 0 Å². The maximum Gasteiger partial charge on any atom is 0.319 e. The summed E-state index contributed by atoms with van der Waals surface area (Å²) in [6.45, 7) is -0.984. The van der Waals surface area contributed by atoms with E-state index in [0.29, 0.717) is 0 Å². The number of nitrogens with two attached hydrogens (primary N) is 1. The molecule has 0 saturated heterocycles. The first-order valence-corrected chi connectivity index (χ1v) is 4.47. The molecular formula is C8H15NO7. The van der Waals surface area contributed by atoms with E-state index in [-0.39, 0.29) is 12.8 Å². The molecule has 0 aromatic carbocycles. The molecule has 0 radical (unpaired) electrons. The topological polar surface area (TPSA) is 150 Å². The van der Waals surface area contributed by atoms with E-state index < -0.39 is 37.0 Å². The van der Waals surface area contributed by atoms with Crippen molar-refractivity contribution in [1.82, 2.24) is 0 Å². The Bertz CT molecular complexity index is 234. The number of aliphatic hydroxyl groups is 4. The number of aldehydes is 1. The molecule has 0 rings (SSSR count). The molecule has 0 heterocycles. The summed E-state index contributed by atoms with van der Waals surface area (Å²) < 4.78 is 4.38. The van der Waals surface area contributed by atoms with E-state index in [0.717, 1.165) is 0 Å². The molecule has 0 aromatic rings. The van der Waals surface area contributed by atoms with E-state index in [4.69, 9.17) is 15.9 Å². The molecule has 0 aliphatic heterocycles. The summed E-state index contributed by atoms with van der Waals surface area (Å²) >= 11 is 0. The first-order valence-electron chi connectivity index (χ1n) is 4.47. The number of rotatable bonds is 7. The second kappa shape index (κ2) is 7.25. The Balaban J connectivity index is 4.11. The lowest BCUT2D eigenvalue weighted by molar-refractivity contribution is -0.155. The number of hydrogen-bond donors (Lipinski definition) is 5. The minimum atomic E-state index is -1.86. The minimum absolute atomic E-state index is 0.00645. The summed E-state index contributed by atoms with van der Waals surface area (Å²) in [4.78, 5) is 20.7. The van der Waals surface area contributed by atoms with Gasteiger partial charge < -0.3 is 35.7 Å². The fraction of sp³-hybridized carbons (Fsp3) is 0.750. The average Bonchev–Trinajstić information content (AvgIpc) is 2.32. The van der Waals surface area contributed by atoms with Crippen LogP contribution in [0.1, 0.15) is 0 Å². The van der Waals surface area contributed by atoms with Gasteiger partial charge in [-0.1, -0.05) is 0 Å². The Morgan fingerprint density at radius 1 is 1.25 bits per heavy atom. The summed E-state index contributed by atoms with van der Waals surface area (Å²) in [6.07, 6.45) is -7.11. The van der Waals surface area contributed by atoms with Gasteiger partial charge in [-0.05, 0) is 0 Å². The number of esters is 1. The van der Waals surface area contributed by atoms with Crippen LogP contribution in [0.15, 0.2) is 0 Å². The van der Waals surface area contributed by atoms with Crippen LogP contribution < -0.4 is 5.73 Å². The molecule has 0 amide bonds. The van der Waals surface area contributed by atoms with Crippen molar-refractivity contribution in [2.24, 2.45) is 5.73 Å². The third-order valence-corrected chi connectivity index (χ3v) is 1.82. The first-order chi connectivity index (χ1) is 7.43. The molecule has 0 saturated carbocycles. The van der Waals surface area contributed by atoms with E-state index in [1.54, 1.807) is 0 Å². The van der Waals surface area contributed by atoms with E-state index in [9.17, 15) is 19.8 Å². The summed E-state index contributed by atoms with van der Waals surface area (Å²) in [5, 5.41) is 36.4. The number of aliphatic hydroxyl groups excluding tert-OH is 4. The summed E-state index contributed by atoms with van der Waals surface area (Å²) in [7, 11) is 0. The van der Waals surface area contributed by atoms with E-state index in [2.05, 4.69) is 4.74 Å². The molecule has 94 valence electrons. The van der Waals surface area contributed by atoms with Crippen molar-refractivity contribution >= 4 is 12.3 Å². The van der Waals surface area contributed by atoms with Crippen molar-refractivity contribution in [3.05, 3.63) is 0 Å². The van der Waals surface area contributed by atoms with E-state index in [1.165, 1.54) is 0 Å². The lowest BCUT2D eigenvalue weighted by Crippen LogP contribution is -2.47. The number of hydrogen-bond acceptors (Lipinski definition) is 8. The van der Waals surface area contributed by atoms with Crippen LogP contribution in [0.3, 0.4) is 0 Å². The molecule has 0 aliphatic carbocycles. The van der Waals surface area contributed by atoms with Crippen molar-refractivity contribution in [1.29, 1.82) is 0 Å². The van der Waals surface area contributed by atoms with Crippen LogP contribution in [-0.4, -0.2) is 70.2 Å². The molecule has 8 heteroatoms. The van der Waals surface area contributed by atoms with Gasteiger partial charge in [0.2, 0.25) is 0 Å². The average molecular weight is 237 g/mol. The molecule has 0 unspecified atom stereocenters. The van der Waals surface area contributed by atoms with E-state index >= 15 is 0 Å². The lowest BCUT2D eigenvalue weighted by Gasteiger charge is -2.23. The van der Waals surface area contributed by atoms with E-state index in [1.807, 2.05) is 0 Å². The zero-order chi connectivity index (χ0) is 12.7. The molecular weight excluding hydrogens is 222 g/mol. The third kappa shape index (κ3) is 4.64. The Labute approximate surface area is 91.2 Å². The Morgan fingerprint density at radius 3 is 2.25 bits per heavy atom. The Morgan fingerprint density at radius 2 is 1.81 bits per heavy atom. The third-order valence-electron chi connectivity index (χ3n) is 1.82. The highest BCUT2D eigenvalue weighted by Gasteiger charge is 2.30. The van der Waals surface area contributed by atoms with Gasteiger partial charge in [-0.3, -0.25) is 4.79 Å². The number of carbonyl (C=O) groups excluding carboxylic acids is 2. The summed E-state index contributed by atoms with van der Waals surface area (Å²) in [5.74, 6) is -0.795. The predicted molar refractivity (Wildman–Crippen MR) is 50.1 cm³/mol. The second-order valence-corrected chi connectivity index (χ2v) is 3.06. The van der Waals surface area contributed by atoms with Crippen LogP contribution in [0.25, 0.3) is 0 Å². The Kier molecular flexibility index (Phi) is 6.77. The van der Waals surface area contributed by atoms with Gasteiger partial charge in [0.15, 0.2) is 6.29 Å². The van der Waals surface area contributed by atoms with Crippen LogP contribution in [0.2, 0.25) is 0 Å². The van der Waals surface area contributed by atoms with Gasteiger partial charge in [-0.15, -0.1) is 0 Å². The fourth-order valence-electron chi connectivity index (χ4n) is 0.846. The molecule has 0 bridgehead atoms.